The summed E-state index contributed by atoms with van der Waals surface area (Å²) in [6.45, 7) is 2.13. The average Bonchev–Trinajstić information content (AvgIpc) is 2.74. The Morgan fingerprint density at radius 2 is 2.38 bits per heavy atom. The van der Waals surface area contributed by atoms with E-state index in [9.17, 15) is 4.79 Å². The van der Waals surface area contributed by atoms with Crippen LogP contribution < -0.4 is 5.32 Å². The molecule has 0 fully saturated rings. The Bertz CT molecular complexity index is 519. The molecule has 16 heavy (non-hydrogen) atoms. The van der Waals surface area contributed by atoms with Crippen LogP contribution in [0.15, 0.2) is 18.5 Å². The van der Waals surface area contributed by atoms with Gasteiger partial charge in [-0.05, 0) is 24.6 Å². The van der Waals surface area contributed by atoms with Gasteiger partial charge in [0, 0.05) is 12.7 Å². The van der Waals surface area contributed by atoms with Crippen LogP contribution in [-0.4, -0.2) is 29.7 Å². The predicted octanol–water partition coefficient (Wildman–Crippen LogP) is 1.21. The Labute approximate surface area is 92.8 Å². The van der Waals surface area contributed by atoms with Crippen LogP contribution in [0, 0.1) is 6.92 Å². The van der Waals surface area contributed by atoms with Gasteiger partial charge in [0.2, 0.25) is 0 Å². The first kappa shape index (κ1) is 10.6. The number of rotatable bonds is 3. The van der Waals surface area contributed by atoms with Gasteiger partial charge < -0.3 is 15.0 Å². The van der Waals surface area contributed by atoms with Crippen molar-refractivity contribution in [3.05, 3.63) is 29.6 Å². The van der Waals surface area contributed by atoms with Crippen LogP contribution in [0.2, 0.25) is 0 Å². The van der Waals surface area contributed by atoms with Crippen molar-refractivity contribution >= 4 is 16.9 Å². The highest BCUT2D eigenvalue weighted by molar-refractivity contribution is 5.98. The summed E-state index contributed by atoms with van der Waals surface area (Å²) < 4.78 is 4.78. The number of ether oxygens (including phenoxy) is 1. The van der Waals surface area contributed by atoms with E-state index in [0.29, 0.717) is 5.56 Å². The van der Waals surface area contributed by atoms with Crippen LogP contribution in [0.4, 0.5) is 0 Å². The fourth-order valence-corrected chi connectivity index (χ4v) is 1.60. The third kappa shape index (κ3) is 1.90. The molecule has 2 aromatic rings. The number of nitrogens with one attached hydrogen (secondary N) is 2. The molecular formula is C11H13N3O2. The molecule has 0 spiro atoms. The fourth-order valence-electron chi connectivity index (χ4n) is 1.60. The summed E-state index contributed by atoms with van der Waals surface area (Å²) in [5.41, 5.74) is 3.33. The number of amides is 1. The molecule has 1 aromatic carbocycles. The summed E-state index contributed by atoms with van der Waals surface area (Å²) in [5, 5.41) is 2.64. The molecule has 0 radical (unpaired) electrons. The topological polar surface area (TPSA) is 67.0 Å². The Morgan fingerprint density at radius 3 is 3.12 bits per heavy atom. The van der Waals surface area contributed by atoms with Gasteiger partial charge in [0.05, 0.1) is 17.4 Å². The molecule has 0 aliphatic carbocycles. The number of hydrogen-bond acceptors (Lipinski definition) is 3. The van der Waals surface area contributed by atoms with Gasteiger partial charge in [-0.15, -0.1) is 0 Å². The zero-order valence-corrected chi connectivity index (χ0v) is 9.20. The summed E-state index contributed by atoms with van der Waals surface area (Å²) in [4.78, 5) is 18.9. The van der Waals surface area contributed by atoms with Gasteiger partial charge >= 0.3 is 0 Å². The average molecular weight is 219 g/mol. The molecule has 0 aliphatic heterocycles. The van der Waals surface area contributed by atoms with Gasteiger partial charge in [0.25, 0.3) is 5.91 Å². The normalized spacial score (nSPS) is 10.6. The van der Waals surface area contributed by atoms with Crippen LogP contribution in [0.5, 0.6) is 0 Å². The monoisotopic (exact) mass is 219 g/mol. The third-order valence-electron chi connectivity index (χ3n) is 2.35. The summed E-state index contributed by atoms with van der Waals surface area (Å²) in [6.07, 6.45) is 1.62. The highest BCUT2D eigenvalue weighted by Gasteiger charge is 2.09. The van der Waals surface area contributed by atoms with Crippen LogP contribution in [0.1, 0.15) is 15.9 Å². The second kappa shape index (κ2) is 4.32. The van der Waals surface area contributed by atoms with Gasteiger partial charge in [-0.25, -0.2) is 4.98 Å². The highest BCUT2D eigenvalue weighted by atomic mass is 16.5. The van der Waals surface area contributed by atoms with Gasteiger partial charge in [0.1, 0.15) is 6.73 Å². The number of fused-ring (bicyclic) bond motifs is 1. The standard InChI is InChI=1S/C11H13N3O2/c1-7-3-8(11(15)14-6-16-2)4-9-10(7)13-5-12-9/h3-5H,6H2,1-2H3,(H,12,13)(H,14,15). The van der Waals surface area contributed by atoms with Gasteiger partial charge in [0.15, 0.2) is 0 Å². The Hall–Kier alpha value is -1.88. The second-order valence-electron chi connectivity index (χ2n) is 3.53. The Balaban J connectivity index is 2.34. The first-order chi connectivity index (χ1) is 7.72. The molecule has 2 rings (SSSR count). The summed E-state index contributed by atoms with van der Waals surface area (Å²) in [5.74, 6) is -0.151. The van der Waals surface area contributed by atoms with E-state index < -0.39 is 0 Å². The number of H-pyrrole nitrogens is 1. The lowest BCUT2D eigenvalue weighted by Gasteiger charge is -2.05. The molecule has 5 heteroatoms. The van der Waals surface area contributed by atoms with Crippen molar-refractivity contribution in [2.24, 2.45) is 0 Å². The van der Waals surface area contributed by atoms with Crippen LogP contribution in [-0.2, 0) is 4.74 Å². The van der Waals surface area contributed by atoms with Crippen LogP contribution in [0.25, 0.3) is 11.0 Å². The molecule has 0 saturated heterocycles. The first-order valence-corrected chi connectivity index (χ1v) is 4.93. The van der Waals surface area contributed by atoms with E-state index in [2.05, 4.69) is 15.3 Å². The minimum Gasteiger partial charge on any atom is -0.364 e. The number of hydrogen-bond donors (Lipinski definition) is 2. The molecule has 0 aliphatic rings. The number of benzene rings is 1. The van der Waals surface area contributed by atoms with Crippen molar-refractivity contribution in [3.8, 4) is 0 Å². The number of aromatic nitrogens is 2. The molecule has 1 amide bonds. The zero-order valence-electron chi connectivity index (χ0n) is 9.20. The van der Waals surface area contributed by atoms with Crippen LogP contribution in [0.3, 0.4) is 0 Å². The molecule has 0 unspecified atom stereocenters. The van der Waals surface area contributed by atoms with E-state index in [4.69, 9.17) is 4.74 Å². The molecule has 0 saturated carbocycles. The lowest BCUT2D eigenvalue weighted by atomic mass is 10.1. The maximum Gasteiger partial charge on any atom is 0.253 e. The molecule has 0 atom stereocenters. The maximum absolute atomic E-state index is 11.7. The number of carbonyl (C=O) groups excluding carboxylic acids is 1. The van der Waals surface area contributed by atoms with Crippen molar-refractivity contribution in [2.75, 3.05) is 13.8 Å². The molecule has 5 nitrogen and oxygen atoms in total. The van der Waals surface area contributed by atoms with Crippen molar-refractivity contribution in [1.82, 2.24) is 15.3 Å². The van der Waals surface area contributed by atoms with Crippen molar-refractivity contribution in [2.45, 2.75) is 6.92 Å². The predicted molar refractivity (Wildman–Crippen MR) is 60.2 cm³/mol. The number of imidazole rings is 1. The number of aromatic amines is 1. The third-order valence-corrected chi connectivity index (χ3v) is 2.35. The molecule has 84 valence electrons. The lowest BCUT2D eigenvalue weighted by molar-refractivity contribution is 0.0872. The van der Waals surface area contributed by atoms with Crippen molar-refractivity contribution < 1.29 is 9.53 Å². The number of nitrogens with zero attached hydrogens (tertiary/aromatic N) is 1. The molecule has 1 heterocycles. The molecule has 1 aromatic heterocycles. The van der Waals surface area contributed by atoms with E-state index in [1.54, 1.807) is 12.4 Å². The van der Waals surface area contributed by atoms with Gasteiger partial charge in [-0.2, -0.15) is 0 Å². The maximum atomic E-state index is 11.7. The van der Waals surface area contributed by atoms with Crippen LogP contribution >= 0.6 is 0 Å². The summed E-state index contributed by atoms with van der Waals surface area (Å²) >= 11 is 0. The summed E-state index contributed by atoms with van der Waals surface area (Å²) in [7, 11) is 1.53. The highest BCUT2D eigenvalue weighted by Crippen LogP contribution is 2.16. The van der Waals surface area contributed by atoms with E-state index in [1.165, 1.54) is 7.11 Å². The molecular weight excluding hydrogens is 206 g/mol. The van der Waals surface area contributed by atoms with Gasteiger partial charge in [-0.1, -0.05) is 0 Å². The minimum absolute atomic E-state index is 0.151. The van der Waals surface area contributed by atoms with E-state index >= 15 is 0 Å². The second-order valence-corrected chi connectivity index (χ2v) is 3.53. The SMILES string of the molecule is COCNC(=O)c1cc(C)c2nc[nH]c2c1. The Kier molecular flexibility index (Phi) is 2.87. The molecule has 2 N–H and O–H groups in total. The quantitative estimate of drug-likeness (QED) is 0.762. The first-order valence-electron chi connectivity index (χ1n) is 4.93. The number of aryl methyl sites for hydroxylation is 1. The Morgan fingerprint density at radius 1 is 1.56 bits per heavy atom. The number of carbonyl (C=O) groups is 1. The van der Waals surface area contributed by atoms with E-state index in [1.807, 2.05) is 13.0 Å². The summed E-state index contributed by atoms with van der Waals surface area (Å²) in [6, 6.07) is 3.59. The smallest absolute Gasteiger partial charge is 0.253 e. The van der Waals surface area contributed by atoms with E-state index in [0.717, 1.165) is 16.6 Å². The van der Waals surface area contributed by atoms with E-state index in [-0.39, 0.29) is 12.6 Å². The van der Waals surface area contributed by atoms with Crippen molar-refractivity contribution in [3.63, 3.8) is 0 Å². The van der Waals surface area contributed by atoms with Crippen molar-refractivity contribution in [1.29, 1.82) is 0 Å². The van der Waals surface area contributed by atoms with Gasteiger partial charge in [-0.3, -0.25) is 4.79 Å². The fraction of sp³-hybridized carbons (Fsp3) is 0.273. The molecule has 0 bridgehead atoms. The minimum atomic E-state index is -0.151. The largest absolute Gasteiger partial charge is 0.364 e. The number of methoxy groups -OCH3 is 1. The lowest BCUT2D eigenvalue weighted by Crippen LogP contribution is -2.25. The zero-order chi connectivity index (χ0) is 11.5.